The molecule has 2 aromatic heterocycles. The van der Waals surface area contributed by atoms with Gasteiger partial charge in [-0.05, 0) is 55.6 Å². The van der Waals surface area contributed by atoms with Crippen LogP contribution < -0.4 is 0 Å². The summed E-state index contributed by atoms with van der Waals surface area (Å²) in [5.41, 5.74) is 1.56. The lowest BCUT2D eigenvalue weighted by Gasteiger charge is -2.22. The van der Waals surface area contributed by atoms with Gasteiger partial charge in [0.05, 0.1) is 0 Å². The quantitative estimate of drug-likeness (QED) is 0.397. The molecule has 0 aliphatic carbocycles. The third-order valence-electron chi connectivity index (χ3n) is 4.55. The normalized spacial score (nSPS) is 12.1. The summed E-state index contributed by atoms with van der Waals surface area (Å²) in [6.07, 6.45) is 0.557. The van der Waals surface area contributed by atoms with Crippen molar-refractivity contribution in [3.05, 3.63) is 44.8 Å². The van der Waals surface area contributed by atoms with E-state index in [9.17, 15) is 14.2 Å². The van der Waals surface area contributed by atoms with Gasteiger partial charge in [0.15, 0.2) is 24.8 Å². The van der Waals surface area contributed by atoms with Gasteiger partial charge in [0.1, 0.15) is 0 Å². The van der Waals surface area contributed by atoms with Gasteiger partial charge < -0.3 is 0 Å². The second-order valence-corrected chi connectivity index (χ2v) is 10.5. The Morgan fingerprint density at radius 3 is 1.57 bits per heavy atom. The number of hydrogen-bond acceptors (Lipinski definition) is 7. The highest BCUT2D eigenvalue weighted by Crippen LogP contribution is 2.31. The van der Waals surface area contributed by atoms with Crippen LogP contribution in [0.3, 0.4) is 0 Å². The number of carbonyl (C=O) groups is 2. The van der Waals surface area contributed by atoms with Gasteiger partial charge in [0, 0.05) is 17.4 Å². The van der Waals surface area contributed by atoms with Crippen molar-refractivity contribution in [2.24, 2.45) is 0 Å². The highest BCUT2D eigenvalue weighted by atomic mass is 32.1. The highest BCUT2D eigenvalue weighted by Gasteiger charge is 2.30. The van der Waals surface area contributed by atoms with Crippen LogP contribution in [0.1, 0.15) is 51.7 Å². The van der Waals surface area contributed by atoms with Gasteiger partial charge in [-0.1, -0.05) is 27.7 Å². The summed E-state index contributed by atoms with van der Waals surface area (Å²) in [6, 6.07) is 3.98. The Kier molecular flexibility index (Phi) is 8.22. The number of ketones is 2. The molecule has 0 fully saturated rings. The Bertz CT molecular complexity index is 728. The molecule has 0 aromatic carbocycles. The molecule has 0 atom stereocenters. The fourth-order valence-corrected chi connectivity index (χ4v) is 5.15. The largest absolute Gasteiger partial charge is 0.698 e. The maximum atomic E-state index is 12.1. The lowest BCUT2D eigenvalue weighted by molar-refractivity contribution is -0.122. The lowest BCUT2D eigenvalue weighted by Crippen LogP contribution is -2.24. The Labute approximate surface area is 175 Å². The Morgan fingerprint density at radius 2 is 1.25 bits per heavy atom. The molecular weight excluding hydrogens is 415 g/mol. The molecule has 0 amide bonds. The van der Waals surface area contributed by atoms with Crippen LogP contribution >= 0.6 is 30.9 Å². The first-order valence-electron chi connectivity index (χ1n) is 8.92. The Hall–Kier alpha value is -1.24. The van der Waals surface area contributed by atoms with Crippen molar-refractivity contribution in [2.75, 3.05) is 13.2 Å². The van der Waals surface area contributed by atoms with Crippen LogP contribution in [0.2, 0.25) is 0 Å². The van der Waals surface area contributed by atoms with E-state index in [1.807, 2.05) is 61.3 Å². The monoisotopic (exact) mass is 441 g/mol. The summed E-state index contributed by atoms with van der Waals surface area (Å²) in [5.74, 6) is -0.318. The molecule has 28 heavy (non-hydrogen) atoms. The molecule has 0 unspecified atom stereocenters. The van der Waals surface area contributed by atoms with Crippen LogP contribution in [0.15, 0.2) is 33.7 Å². The molecule has 0 saturated carbocycles. The molecule has 2 rings (SSSR count). The molecule has 8 heteroatoms. The number of thiophene rings is 2. The molecule has 0 aliphatic heterocycles. The van der Waals surface area contributed by atoms with E-state index in [0.29, 0.717) is 0 Å². The van der Waals surface area contributed by atoms with Gasteiger partial charge >= 0.3 is 8.25 Å². The minimum absolute atomic E-state index is 0.159. The fourth-order valence-electron chi connectivity index (χ4n) is 2.88. The molecule has 0 radical (unpaired) electrons. The lowest BCUT2D eigenvalue weighted by atomic mass is 9.82. The number of carbonyl (C=O) groups excluding carboxylic acids is 2. The van der Waals surface area contributed by atoms with Gasteiger partial charge in [0.25, 0.3) is 0 Å². The van der Waals surface area contributed by atoms with Crippen LogP contribution in [0.25, 0.3) is 0 Å². The zero-order valence-electron chi connectivity index (χ0n) is 16.6. The fraction of sp³-hybridized carbons (Fsp3) is 0.500. The van der Waals surface area contributed by atoms with Crippen molar-refractivity contribution in [2.45, 2.75) is 51.4 Å². The van der Waals surface area contributed by atoms with E-state index in [1.54, 1.807) is 22.7 Å². The van der Waals surface area contributed by atoms with Crippen molar-refractivity contribution in [3.63, 3.8) is 0 Å². The van der Waals surface area contributed by atoms with E-state index in [4.69, 9.17) is 9.05 Å². The SMILES string of the molecule is CC(C)(CC(=O)CO[P+](=O)OCC(=O)CC(C)(C)c1ccsc1)c1ccsc1. The molecular formula is C20H26O5PS2+. The van der Waals surface area contributed by atoms with Crippen LogP contribution in [0.4, 0.5) is 0 Å². The van der Waals surface area contributed by atoms with Crippen molar-refractivity contribution >= 4 is 42.5 Å². The van der Waals surface area contributed by atoms with E-state index in [2.05, 4.69) is 0 Å². The van der Waals surface area contributed by atoms with Gasteiger partial charge in [-0.3, -0.25) is 9.59 Å². The topological polar surface area (TPSA) is 69.7 Å². The molecule has 152 valence electrons. The Balaban J connectivity index is 1.71. The first-order valence-corrected chi connectivity index (χ1v) is 11.9. The van der Waals surface area contributed by atoms with E-state index >= 15 is 0 Å². The first kappa shape index (κ1) is 23.0. The molecule has 0 bridgehead atoms. The maximum absolute atomic E-state index is 12.1. The predicted octanol–water partition coefficient (Wildman–Crippen LogP) is 5.67. The van der Waals surface area contributed by atoms with E-state index in [0.717, 1.165) is 11.1 Å². The average Bonchev–Trinajstić information content (AvgIpc) is 3.31. The molecule has 0 aliphatic rings. The third kappa shape index (κ3) is 6.98. The molecule has 2 aromatic rings. The minimum Gasteiger partial charge on any atom is -0.297 e. The van der Waals surface area contributed by atoms with Crippen molar-refractivity contribution in [1.82, 2.24) is 0 Å². The molecule has 5 nitrogen and oxygen atoms in total. The van der Waals surface area contributed by atoms with Crippen molar-refractivity contribution in [1.29, 1.82) is 0 Å². The van der Waals surface area contributed by atoms with Crippen molar-refractivity contribution < 1.29 is 23.2 Å². The minimum atomic E-state index is -2.51. The van der Waals surface area contributed by atoms with Crippen LogP contribution in [0, 0.1) is 0 Å². The van der Waals surface area contributed by atoms with E-state index < -0.39 is 8.25 Å². The standard InChI is InChI=1S/C20H26O5PS2/c1-19(2,15-5-7-27-13-15)9-17(21)11-24-26(23)25-12-18(22)10-20(3,4)16-6-8-28-14-16/h5-8,13-14H,9-12H2,1-4H3/q+1. The van der Waals surface area contributed by atoms with Crippen LogP contribution in [-0.4, -0.2) is 24.8 Å². The smallest absolute Gasteiger partial charge is 0.297 e. The van der Waals surface area contributed by atoms with Crippen molar-refractivity contribution in [3.8, 4) is 0 Å². The van der Waals surface area contributed by atoms with E-state index in [1.165, 1.54) is 0 Å². The average molecular weight is 442 g/mol. The first-order chi connectivity index (χ1) is 13.1. The zero-order valence-corrected chi connectivity index (χ0v) is 19.1. The van der Waals surface area contributed by atoms with Gasteiger partial charge in [-0.2, -0.15) is 22.7 Å². The zero-order chi connectivity index (χ0) is 20.8. The molecule has 0 saturated heterocycles. The second kappa shape index (κ2) is 9.99. The number of rotatable bonds is 12. The summed E-state index contributed by atoms with van der Waals surface area (Å²) in [4.78, 5) is 24.3. The molecule has 0 spiro atoms. The third-order valence-corrected chi connectivity index (χ3v) is 6.59. The molecule has 0 N–H and O–H groups in total. The number of hydrogen-bond donors (Lipinski definition) is 0. The summed E-state index contributed by atoms with van der Waals surface area (Å²) in [6.45, 7) is 7.35. The van der Waals surface area contributed by atoms with Gasteiger partial charge in [-0.25, -0.2) is 0 Å². The molecule has 2 heterocycles. The van der Waals surface area contributed by atoms with Crippen LogP contribution in [-0.2, 0) is 34.0 Å². The maximum Gasteiger partial charge on any atom is 0.698 e. The summed E-state index contributed by atoms with van der Waals surface area (Å²) in [7, 11) is -2.51. The van der Waals surface area contributed by atoms with Gasteiger partial charge in [0.2, 0.25) is 0 Å². The predicted molar refractivity (Wildman–Crippen MR) is 113 cm³/mol. The summed E-state index contributed by atoms with van der Waals surface area (Å²) < 4.78 is 21.9. The summed E-state index contributed by atoms with van der Waals surface area (Å²) >= 11 is 3.17. The number of Topliss-reactive ketones (excluding diaryl/α,β-unsaturated/α-hetero) is 2. The second-order valence-electron chi connectivity index (χ2n) is 7.99. The van der Waals surface area contributed by atoms with E-state index in [-0.39, 0.29) is 48.5 Å². The van der Waals surface area contributed by atoms with Crippen LogP contribution in [0.5, 0.6) is 0 Å². The summed E-state index contributed by atoms with van der Waals surface area (Å²) in [5, 5.41) is 7.97. The highest BCUT2D eigenvalue weighted by molar-refractivity contribution is 7.33. The van der Waals surface area contributed by atoms with Gasteiger partial charge in [-0.15, -0.1) is 9.05 Å². The Morgan fingerprint density at radius 1 is 0.857 bits per heavy atom.